The second-order valence-corrected chi connectivity index (χ2v) is 3.88. The maximum atomic E-state index is 5.29. The monoisotopic (exact) mass is 288 g/mol. The Balaban J connectivity index is 3.36. The van der Waals surface area contributed by atoms with Crippen LogP contribution in [0.5, 0.6) is 5.75 Å². The summed E-state index contributed by atoms with van der Waals surface area (Å²) in [6.07, 6.45) is 5.29. The number of terminal acetylenes is 1. The van der Waals surface area contributed by atoms with Crippen molar-refractivity contribution < 1.29 is 4.74 Å². The molecule has 1 aromatic carbocycles. The minimum atomic E-state index is 0.695. The molecule has 1 rings (SSSR count). The van der Waals surface area contributed by atoms with E-state index in [1.54, 1.807) is 7.11 Å². The third-order valence-corrected chi connectivity index (χ3v) is 2.41. The van der Waals surface area contributed by atoms with Crippen LogP contribution in [-0.2, 0) is 0 Å². The highest BCUT2D eigenvalue weighted by Gasteiger charge is 2.06. The van der Waals surface area contributed by atoms with Crippen molar-refractivity contribution >= 4 is 31.9 Å². The Morgan fingerprint density at radius 3 is 2.58 bits per heavy atom. The molecule has 1 nitrogen and oxygen atoms in total. The van der Waals surface area contributed by atoms with Crippen molar-refractivity contribution in [1.29, 1.82) is 0 Å². The smallest absolute Gasteiger partial charge is 0.148 e. The molecule has 12 heavy (non-hydrogen) atoms. The van der Waals surface area contributed by atoms with E-state index in [2.05, 4.69) is 37.8 Å². The Kier molecular flexibility index (Phi) is 3.19. The van der Waals surface area contributed by atoms with E-state index in [4.69, 9.17) is 11.2 Å². The van der Waals surface area contributed by atoms with Crippen LogP contribution in [0.2, 0.25) is 0 Å². The Morgan fingerprint density at radius 1 is 1.42 bits per heavy atom. The summed E-state index contributed by atoms with van der Waals surface area (Å²) in [5.74, 6) is 3.24. The summed E-state index contributed by atoms with van der Waals surface area (Å²) in [5.41, 5.74) is 0.735. The molecule has 0 saturated carbocycles. The van der Waals surface area contributed by atoms with E-state index in [0.29, 0.717) is 5.75 Å². The fourth-order valence-corrected chi connectivity index (χ4v) is 2.26. The summed E-state index contributed by atoms with van der Waals surface area (Å²) >= 11 is 6.68. The molecule has 0 radical (unpaired) electrons. The molecule has 0 N–H and O–H groups in total. The van der Waals surface area contributed by atoms with E-state index in [0.717, 1.165) is 14.5 Å². The third-order valence-electron chi connectivity index (χ3n) is 1.37. The summed E-state index contributed by atoms with van der Waals surface area (Å²) in [6.45, 7) is 0. The third kappa shape index (κ3) is 1.82. The maximum absolute atomic E-state index is 5.29. The number of hydrogen-bond donors (Lipinski definition) is 0. The molecule has 0 fully saturated rings. The zero-order valence-electron chi connectivity index (χ0n) is 6.40. The molecule has 0 unspecified atom stereocenters. The molecule has 0 aliphatic heterocycles. The Morgan fingerprint density at radius 2 is 2.08 bits per heavy atom. The minimum absolute atomic E-state index is 0.695. The van der Waals surface area contributed by atoms with Crippen LogP contribution in [-0.4, -0.2) is 7.11 Å². The van der Waals surface area contributed by atoms with E-state index in [9.17, 15) is 0 Å². The summed E-state index contributed by atoms with van der Waals surface area (Å²) in [5, 5.41) is 0. The minimum Gasteiger partial charge on any atom is -0.494 e. The van der Waals surface area contributed by atoms with Crippen molar-refractivity contribution in [3.63, 3.8) is 0 Å². The van der Waals surface area contributed by atoms with E-state index in [-0.39, 0.29) is 0 Å². The zero-order chi connectivity index (χ0) is 9.14. The van der Waals surface area contributed by atoms with Gasteiger partial charge in [0.25, 0.3) is 0 Å². The van der Waals surface area contributed by atoms with Gasteiger partial charge in [-0.05, 0) is 28.1 Å². The Hall–Kier alpha value is -0.460. The number of ether oxygens (including phenoxy) is 1. The largest absolute Gasteiger partial charge is 0.494 e. The maximum Gasteiger partial charge on any atom is 0.148 e. The average molecular weight is 290 g/mol. The highest BCUT2D eigenvalue weighted by atomic mass is 79.9. The second kappa shape index (κ2) is 3.97. The zero-order valence-corrected chi connectivity index (χ0v) is 9.57. The number of methoxy groups -OCH3 is 1. The summed E-state index contributed by atoms with van der Waals surface area (Å²) in [4.78, 5) is 0. The molecule has 3 heteroatoms. The highest BCUT2D eigenvalue weighted by Crippen LogP contribution is 2.31. The van der Waals surface area contributed by atoms with Crippen molar-refractivity contribution in [2.24, 2.45) is 0 Å². The molecule has 0 aromatic heterocycles. The van der Waals surface area contributed by atoms with Gasteiger partial charge in [-0.2, -0.15) is 0 Å². The van der Waals surface area contributed by atoms with E-state index in [1.165, 1.54) is 0 Å². The van der Waals surface area contributed by atoms with Crippen molar-refractivity contribution in [3.8, 4) is 18.1 Å². The molecular weight excluding hydrogens is 284 g/mol. The normalized spacial score (nSPS) is 9.17. The van der Waals surface area contributed by atoms with Crippen LogP contribution in [0, 0.1) is 12.3 Å². The van der Waals surface area contributed by atoms with E-state index >= 15 is 0 Å². The molecule has 0 aliphatic carbocycles. The summed E-state index contributed by atoms with van der Waals surface area (Å²) in [7, 11) is 1.59. The van der Waals surface area contributed by atoms with E-state index in [1.807, 2.05) is 12.1 Å². The molecule has 0 bridgehead atoms. The van der Waals surface area contributed by atoms with Crippen LogP contribution in [0.25, 0.3) is 0 Å². The Labute approximate surface area is 88.4 Å². The van der Waals surface area contributed by atoms with Crippen LogP contribution in [0.3, 0.4) is 0 Å². The SMILES string of the molecule is C#Cc1cc(Br)cc(Br)c1OC. The summed E-state index contributed by atoms with van der Waals surface area (Å²) in [6, 6.07) is 3.73. The fourth-order valence-electron chi connectivity index (χ4n) is 0.875. The molecule has 0 atom stereocenters. The second-order valence-electron chi connectivity index (χ2n) is 2.11. The average Bonchev–Trinajstić information content (AvgIpc) is 2.03. The molecule has 0 amide bonds. The quantitative estimate of drug-likeness (QED) is 0.722. The Bertz CT molecular complexity index is 339. The number of rotatable bonds is 1. The summed E-state index contributed by atoms with van der Waals surface area (Å²) < 4.78 is 6.90. The van der Waals surface area contributed by atoms with Crippen molar-refractivity contribution in [2.45, 2.75) is 0 Å². The predicted molar refractivity (Wildman–Crippen MR) is 56.3 cm³/mol. The van der Waals surface area contributed by atoms with Gasteiger partial charge in [-0.3, -0.25) is 0 Å². The van der Waals surface area contributed by atoms with Gasteiger partial charge in [0.1, 0.15) is 5.75 Å². The lowest BCUT2D eigenvalue weighted by molar-refractivity contribution is 0.411. The molecule has 0 aliphatic rings. The molecule has 0 heterocycles. The van der Waals surface area contributed by atoms with Gasteiger partial charge in [0.15, 0.2) is 0 Å². The highest BCUT2D eigenvalue weighted by molar-refractivity contribution is 9.11. The van der Waals surface area contributed by atoms with Gasteiger partial charge in [-0.25, -0.2) is 0 Å². The van der Waals surface area contributed by atoms with Gasteiger partial charge >= 0.3 is 0 Å². The predicted octanol–water partition coefficient (Wildman–Crippen LogP) is 3.20. The number of hydrogen-bond acceptors (Lipinski definition) is 1. The molecule has 0 spiro atoms. The van der Waals surface area contributed by atoms with Gasteiger partial charge in [-0.1, -0.05) is 21.9 Å². The number of benzene rings is 1. The first kappa shape index (κ1) is 9.63. The first-order valence-electron chi connectivity index (χ1n) is 3.18. The molecule has 1 aromatic rings. The van der Waals surface area contributed by atoms with Gasteiger partial charge < -0.3 is 4.74 Å². The molecule has 62 valence electrons. The van der Waals surface area contributed by atoms with Crippen LogP contribution in [0.15, 0.2) is 21.1 Å². The molecular formula is C9H6Br2O. The van der Waals surface area contributed by atoms with Crippen LogP contribution >= 0.6 is 31.9 Å². The topological polar surface area (TPSA) is 9.23 Å². The van der Waals surface area contributed by atoms with Gasteiger partial charge in [0, 0.05) is 4.47 Å². The van der Waals surface area contributed by atoms with Gasteiger partial charge in [0.05, 0.1) is 17.1 Å². The first-order valence-corrected chi connectivity index (χ1v) is 4.77. The lowest BCUT2D eigenvalue weighted by Crippen LogP contribution is -1.89. The van der Waals surface area contributed by atoms with Crippen molar-refractivity contribution in [3.05, 3.63) is 26.6 Å². The van der Waals surface area contributed by atoms with Crippen LogP contribution < -0.4 is 4.74 Å². The number of halogens is 2. The van der Waals surface area contributed by atoms with Gasteiger partial charge in [-0.15, -0.1) is 6.42 Å². The standard InChI is InChI=1S/C9H6Br2O/c1-3-6-4-7(10)5-8(11)9(6)12-2/h1,4-5H,2H3. The van der Waals surface area contributed by atoms with Crippen molar-refractivity contribution in [2.75, 3.05) is 7.11 Å². The first-order chi connectivity index (χ1) is 5.69. The molecule has 0 saturated heterocycles. The van der Waals surface area contributed by atoms with E-state index < -0.39 is 0 Å². The lowest BCUT2D eigenvalue weighted by atomic mass is 10.2. The lowest BCUT2D eigenvalue weighted by Gasteiger charge is -2.06. The fraction of sp³-hybridized carbons (Fsp3) is 0.111. The van der Waals surface area contributed by atoms with Gasteiger partial charge in [0.2, 0.25) is 0 Å². The van der Waals surface area contributed by atoms with Crippen LogP contribution in [0.4, 0.5) is 0 Å². The van der Waals surface area contributed by atoms with Crippen LogP contribution in [0.1, 0.15) is 5.56 Å². The van der Waals surface area contributed by atoms with Crippen molar-refractivity contribution in [1.82, 2.24) is 0 Å².